The van der Waals surface area contributed by atoms with Gasteiger partial charge in [0, 0.05) is 10.6 Å². The standard InChI is InChI=1S/C14H15NS/c1-9-6-10(2)11-8-13(15-12(11)7-9)14-4-3-5-16-14/h3-7,13,15H,8H2,1-2H3. The molecule has 1 aliphatic rings. The lowest BCUT2D eigenvalue weighted by atomic mass is 10.0. The second-order valence-corrected chi connectivity index (χ2v) is 5.50. The van der Waals surface area contributed by atoms with Crippen LogP contribution in [0, 0.1) is 13.8 Å². The Morgan fingerprint density at radius 3 is 2.94 bits per heavy atom. The molecule has 2 aromatic rings. The highest BCUT2D eigenvalue weighted by atomic mass is 32.1. The molecule has 0 saturated carbocycles. The molecule has 16 heavy (non-hydrogen) atoms. The van der Waals surface area contributed by atoms with Crippen molar-refractivity contribution < 1.29 is 0 Å². The molecule has 82 valence electrons. The van der Waals surface area contributed by atoms with Crippen LogP contribution in [0.25, 0.3) is 0 Å². The van der Waals surface area contributed by atoms with Crippen LogP contribution < -0.4 is 5.32 Å². The van der Waals surface area contributed by atoms with E-state index >= 15 is 0 Å². The average molecular weight is 229 g/mol. The number of hydrogen-bond acceptors (Lipinski definition) is 2. The van der Waals surface area contributed by atoms with E-state index in [9.17, 15) is 0 Å². The lowest BCUT2D eigenvalue weighted by Gasteiger charge is -2.08. The molecule has 2 heterocycles. The molecule has 2 heteroatoms. The number of thiophene rings is 1. The van der Waals surface area contributed by atoms with Gasteiger partial charge in [0.05, 0.1) is 6.04 Å². The number of anilines is 1. The first-order valence-corrected chi connectivity index (χ1v) is 6.52. The van der Waals surface area contributed by atoms with Gasteiger partial charge in [0.1, 0.15) is 0 Å². The summed E-state index contributed by atoms with van der Waals surface area (Å²) in [7, 11) is 0. The van der Waals surface area contributed by atoms with Crippen LogP contribution in [-0.2, 0) is 6.42 Å². The summed E-state index contributed by atoms with van der Waals surface area (Å²) in [6.07, 6.45) is 1.13. The van der Waals surface area contributed by atoms with E-state index in [2.05, 4.69) is 48.8 Å². The molecular weight excluding hydrogens is 214 g/mol. The Labute approximate surface area is 100 Å². The molecule has 0 saturated heterocycles. The van der Waals surface area contributed by atoms with E-state index in [1.54, 1.807) is 0 Å². The Balaban J connectivity index is 1.98. The van der Waals surface area contributed by atoms with Gasteiger partial charge in [-0.05, 0) is 54.5 Å². The third kappa shape index (κ3) is 1.54. The summed E-state index contributed by atoms with van der Waals surface area (Å²) in [5.41, 5.74) is 5.58. The molecule has 0 aliphatic carbocycles. The highest BCUT2D eigenvalue weighted by Gasteiger charge is 2.23. The summed E-state index contributed by atoms with van der Waals surface area (Å²) < 4.78 is 0. The zero-order valence-electron chi connectivity index (χ0n) is 9.58. The fourth-order valence-electron chi connectivity index (χ4n) is 2.50. The fourth-order valence-corrected chi connectivity index (χ4v) is 3.28. The molecule has 1 unspecified atom stereocenters. The minimum atomic E-state index is 0.482. The van der Waals surface area contributed by atoms with E-state index in [1.165, 1.54) is 27.3 Å². The van der Waals surface area contributed by atoms with E-state index in [0.29, 0.717) is 6.04 Å². The Morgan fingerprint density at radius 2 is 2.19 bits per heavy atom. The Bertz CT molecular complexity index is 514. The molecule has 1 atom stereocenters. The quantitative estimate of drug-likeness (QED) is 0.777. The highest BCUT2D eigenvalue weighted by Crippen LogP contribution is 2.38. The molecule has 0 fully saturated rings. The summed E-state index contributed by atoms with van der Waals surface area (Å²) >= 11 is 1.84. The highest BCUT2D eigenvalue weighted by molar-refractivity contribution is 7.10. The number of nitrogens with one attached hydrogen (secondary N) is 1. The maximum atomic E-state index is 3.63. The van der Waals surface area contributed by atoms with Gasteiger partial charge in [-0.25, -0.2) is 0 Å². The van der Waals surface area contributed by atoms with Crippen molar-refractivity contribution in [3.8, 4) is 0 Å². The van der Waals surface area contributed by atoms with Crippen LogP contribution >= 0.6 is 11.3 Å². The van der Waals surface area contributed by atoms with Crippen molar-refractivity contribution >= 4 is 17.0 Å². The molecule has 1 nitrogen and oxygen atoms in total. The van der Waals surface area contributed by atoms with Gasteiger partial charge in [-0.15, -0.1) is 11.3 Å². The van der Waals surface area contributed by atoms with Gasteiger partial charge in [-0.3, -0.25) is 0 Å². The van der Waals surface area contributed by atoms with Gasteiger partial charge in [-0.2, -0.15) is 0 Å². The fraction of sp³-hybridized carbons (Fsp3) is 0.286. The van der Waals surface area contributed by atoms with Crippen molar-refractivity contribution in [3.63, 3.8) is 0 Å². The molecule has 0 amide bonds. The summed E-state index contributed by atoms with van der Waals surface area (Å²) in [6.45, 7) is 4.37. The van der Waals surface area contributed by atoms with Gasteiger partial charge < -0.3 is 5.32 Å². The third-order valence-corrected chi connectivity index (χ3v) is 4.23. The topological polar surface area (TPSA) is 12.0 Å². The number of benzene rings is 1. The first kappa shape index (κ1) is 9.91. The van der Waals surface area contributed by atoms with E-state index in [4.69, 9.17) is 0 Å². The zero-order chi connectivity index (χ0) is 11.1. The van der Waals surface area contributed by atoms with Crippen LogP contribution in [0.2, 0.25) is 0 Å². The summed E-state index contributed by atoms with van der Waals surface area (Å²) in [5, 5.41) is 5.78. The Hall–Kier alpha value is -1.28. The number of aryl methyl sites for hydroxylation is 2. The SMILES string of the molecule is Cc1cc(C)c2c(c1)NC(c1cccs1)C2. The first-order chi connectivity index (χ1) is 7.74. The van der Waals surface area contributed by atoms with Gasteiger partial charge in [0.2, 0.25) is 0 Å². The van der Waals surface area contributed by atoms with E-state index in [-0.39, 0.29) is 0 Å². The Morgan fingerprint density at radius 1 is 1.31 bits per heavy atom. The molecular formula is C14H15NS. The number of fused-ring (bicyclic) bond motifs is 1. The molecule has 1 aromatic heterocycles. The van der Waals surface area contributed by atoms with Crippen molar-refractivity contribution in [2.45, 2.75) is 26.3 Å². The maximum absolute atomic E-state index is 3.63. The molecule has 0 bridgehead atoms. The zero-order valence-corrected chi connectivity index (χ0v) is 10.4. The Kier molecular flexibility index (Phi) is 2.25. The molecule has 1 aliphatic heterocycles. The second kappa shape index (κ2) is 3.63. The van der Waals surface area contributed by atoms with E-state index in [0.717, 1.165) is 6.42 Å². The summed E-state index contributed by atoms with van der Waals surface area (Å²) in [6, 6.07) is 9.36. The lowest BCUT2D eigenvalue weighted by Crippen LogP contribution is -2.02. The predicted octanol–water partition coefficient (Wildman–Crippen LogP) is 4.07. The van der Waals surface area contributed by atoms with E-state index in [1.807, 2.05) is 11.3 Å². The second-order valence-electron chi connectivity index (χ2n) is 4.52. The lowest BCUT2D eigenvalue weighted by molar-refractivity contribution is 0.840. The summed E-state index contributed by atoms with van der Waals surface area (Å²) in [4.78, 5) is 1.44. The minimum Gasteiger partial charge on any atom is -0.377 e. The van der Waals surface area contributed by atoms with Crippen LogP contribution in [0.4, 0.5) is 5.69 Å². The molecule has 0 spiro atoms. The van der Waals surface area contributed by atoms with Crippen LogP contribution in [0.1, 0.15) is 27.6 Å². The van der Waals surface area contributed by atoms with Crippen molar-refractivity contribution in [1.29, 1.82) is 0 Å². The number of rotatable bonds is 1. The van der Waals surface area contributed by atoms with Crippen LogP contribution in [0.5, 0.6) is 0 Å². The van der Waals surface area contributed by atoms with Gasteiger partial charge in [0.25, 0.3) is 0 Å². The van der Waals surface area contributed by atoms with Crippen LogP contribution in [-0.4, -0.2) is 0 Å². The van der Waals surface area contributed by atoms with Crippen molar-refractivity contribution in [1.82, 2.24) is 0 Å². The van der Waals surface area contributed by atoms with Crippen LogP contribution in [0.15, 0.2) is 29.6 Å². The average Bonchev–Trinajstić information content (AvgIpc) is 2.82. The first-order valence-electron chi connectivity index (χ1n) is 5.64. The minimum absolute atomic E-state index is 0.482. The molecule has 3 rings (SSSR count). The summed E-state index contributed by atoms with van der Waals surface area (Å²) in [5.74, 6) is 0. The normalized spacial score (nSPS) is 18.2. The molecule has 1 N–H and O–H groups in total. The number of hydrogen-bond donors (Lipinski definition) is 1. The largest absolute Gasteiger partial charge is 0.377 e. The molecule has 1 aromatic carbocycles. The third-order valence-electron chi connectivity index (χ3n) is 3.24. The van der Waals surface area contributed by atoms with Gasteiger partial charge >= 0.3 is 0 Å². The predicted molar refractivity (Wildman–Crippen MR) is 70.3 cm³/mol. The molecule has 0 radical (unpaired) electrons. The van der Waals surface area contributed by atoms with Gasteiger partial charge in [-0.1, -0.05) is 12.1 Å². The van der Waals surface area contributed by atoms with E-state index < -0.39 is 0 Å². The maximum Gasteiger partial charge on any atom is 0.0647 e. The van der Waals surface area contributed by atoms with Crippen molar-refractivity contribution in [2.24, 2.45) is 0 Å². The smallest absolute Gasteiger partial charge is 0.0647 e. The van der Waals surface area contributed by atoms with Crippen LogP contribution in [0.3, 0.4) is 0 Å². The van der Waals surface area contributed by atoms with Crippen molar-refractivity contribution in [3.05, 3.63) is 51.2 Å². The van der Waals surface area contributed by atoms with Gasteiger partial charge in [0.15, 0.2) is 0 Å². The monoisotopic (exact) mass is 229 g/mol. The van der Waals surface area contributed by atoms with Crippen molar-refractivity contribution in [2.75, 3.05) is 5.32 Å².